The normalized spacial score (nSPS) is 14.2. The van der Waals surface area contributed by atoms with Crippen LogP contribution in [0.3, 0.4) is 0 Å². The Hall–Kier alpha value is -3.17. The van der Waals surface area contributed by atoms with E-state index in [2.05, 4.69) is 10.0 Å². The van der Waals surface area contributed by atoms with Crippen molar-refractivity contribution >= 4 is 33.2 Å². The number of β-amino-alcohol motifs (C(OH)–C–C–N with tert-alkyl or cyclic N) is 1. The van der Waals surface area contributed by atoms with Crippen molar-refractivity contribution in [3.05, 3.63) is 65.9 Å². The molecule has 0 fully saturated rings. The molecule has 1 heterocycles. The van der Waals surface area contributed by atoms with Crippen LogP contribution in [0, 0.1) is 6.92 Å². The maximum atomic E-state index is 12.5. The number of benzene rings is 2. The van der Waals surface area contributed by atoms with Gasteiger partial charge in [0.25, 0.3) is 21.8 Å². The summed E-state index contributed by atoms with van der Waals surface area (Å²) in [5, 5.41) is 11.7. The van der Waals surface area contributed by atoms with Crippen LogP contribution in [0.1, 0.15) is 5.56 Å². The van der Waals surface area contributed by atoms with Crippen molar-refractivity contribution in [2.75, 3.05) is 23.2 Å². The highest BCUT2D eigenvalue weighted by Gasteiger charge is 2.30. The van der Waals surface area contributed by atoms with Gasteiger partial charge in [-0.15, -0.1) is 0 Å². The average Bonchev–Trinajstić information content (AvgIpc) is 2.92. The number of nitrogens with zero attached hydrogens (tertiary/aromatic N) is 1. The Bertz CT molecular complexity index is 1030. The number of amides is 2. The zero-order valence-electron chi connectivity index (χ0n) is 15.0. The van der Waals surface area contributed by atoms with Crippen molar-refractivity contribution in [1.29, 1.82) is 0 Å². The van der Waals surface area contributed by atoms with Gasteiger partial charge in [0.2, 0.25) is 0 Å². The fourth-order valence-corrected chi connectivity index (χ4v) is 3.68. The van der Waals surface area contributed by atoms with Gasteiger partial charge in [-0.2, -0.15) is 0 Å². The molecule has 2 amide bonds. The van der Waals surface area contributed by atoms with Gasteiger partial charge in [0.15, 0.2) is 0 Å². The van der Waals surface area contributed by atoms with E-state index in [9.17, 15) is 18.0 Å². The number of aliphatic hydroxyl groups is 1. The first-order valence-electron chi connectivity index (χ1n) is 8.45. The Labute approximate surface area is 162 Å². The van der Waals surface area contributed by atoms with E-state index in [0.29, 0.717) is 11.4 Å². The summed E-state index contributed by atoms with van der Waals surface area (Å²) < 4.78 is 27.5. The molecule has 0 aliphatic carbocycles. The molecule has 0 unspecified atom stereocenters. The summed E-state index contributed by atoms with van der Waals surface area (Å²) in [7, 11) is -3.76. The lowest BCUT2D eigenvalue weighted by molar-refractivity contribution is -0.137. The summed E-state index contributed by atoms with van der Waals surface area (Å²) in [5.74, 6) is -1.06. The first kappa shape index (κ1) is 19.6. The van der Waals surface area contributed by atoms with Crippen LogP contribution in [0.2, 0.25) is 0 Å². The van der Waals surface area contributed by atoms with Crippen LogP contribution in [0.4, 0.5) is 11.4 Å². The van der Waals surface area contributed by atoms with Gasteiger partial charge in [0.1, 0.15) is 5.70 Å². The SMILES string of the molecule is Cc1ccc(NS(=O)(=O)c2ccc(NC3=CC(=O)N(CCO)C3=O)cc2)cc1. The minimum atomic E-state index is -3.76. The number of rotatable bonds is 7. The third kappa shape index (κ3) is 4.21. The van der Waals surface area contributed by atoms with Crippen LogP contribution in [0.15, 0.2) is 65.2 Å². The quantitative estimate of drug-likeness (QED) is 0.605. The smallest absolute Gasteiger partial charge is 0.277 e. The van der Waals surface area contributed by atoms with E-state index in [0.717, 1.165) is 16.5 Å². The molecule has 0 radical (unpaired) electrons. The Balaban J connectivity index is 1.71. The number of aryl methyl sites for hydroxylation is 1. The highest BCUT2D eigenvalue weighted by atomic mass is 32.2. The molecule has 0 atom stereocenters. The second kappa shape index (κ2) is 7.83. The lowest BCUT2D eigenvalue weighted by Gasteiger charge is -2.13. The second-order valence-electron chi connectivity index (χ2n) is 6.20. The molecule has 3 rings (SSSR count). The number of hydrogen-bond donors (Lipinski definition) is 3. The lowest BCUT2D eigenvalue weighted by atomic mass is 10.2. The number of nitrogens with one attached hydrogen (secondary N) is 2. The summed E-state index contributed by atoms with van der Waals surface area (Å²) in [5.41, 5.74) is 1.99. The fourth-order valence-electron chi connectivity index (χ4n) is 2.62. The number of sulfonamides is 1. The summed E-state index contributed by atoms with van der Waals surface area (Å²) in [6.07, 6.45) is 1.14. The lowest BCUT2D eigenvalue weighted by Crippen LogP contribution is -2.34. The summed E-state index contributed by atoms with van der Waals surface area (Å²) in [6, 6.07) is 12.7. The topological polar surface area (TPSA) is 116 Å². The number of imide groups is 1. The molecule has 0 bridgehead atoms. The Morgan fingerprint density at radius 3 is 2.18 bits per heavy atom. The first-order chi connectivity index (χ1) is 13.3. The summed E-state index contributed by atoms with van der Waals surface area (Å²) in [6.45, 7) is 1.51. The molecule has 2 aromatic rings. The minimum Gasteiger partial charge on any atom is -0.395 e. The zero-order valence-corrected chi connectivity index (χ0v) is 15.9. The average molecular weight is 401 g/mol. The summed E-state index contributed by atoms with van der Waals surface area (Å²) in [4.78, 5) is 24.8. The van der Waals surface area contributed by atoms with Crippen LogP contribution in [-0.4, -0.2) is 43.4 Å². The number of aliphatic hydroxyl groups excluding tert-OH is 1. The number of anilines is 2. The van der Waals surface area contributed by atoms with Crippen LogP contribution < -0.4 is 10.0 Å². The predicted molar refractivity (Wildman–Crippen MR) is 104 cm³/mol. The second-order valence-corrected chi connectivity index (χ2v) is 7.88. The third-order valence-corrected chi connectivity index (χ3v) is 5.48. The number of carbonyl (C=O) groups is 2. The Morgan fingerprint density at radius 1 is 0.964 bits per heavy atom. The van der Waals surface area contributed by atoms with Gasteiger partial charge in [0.05, 0.1) is 18.0 Å². The maximum absolute atomic E-state index is 12.5. The van der Waals surface area contributed by atoms with Gasteiger partial charge in [-0.3, -0.25) is 19.2 Å². The largest absolute Gasteiger partial charge is 0.395 e. The Morgan fingerprint density at radius 2 is 1.57 bits per heavy atom. The van der Waals surface area contributed by atoms with Crippen molar-refractivity contribution in [2.45, 2.75) is 11.8 Å². The number of carbonyl (C=O) groups excluding carboxylic acids is 2. The van der Waals surface area contributed by atoms with Gasteiger partial charge in [0, 0.05) is 17.5 Å². The first-order valence-corrected chi connectivity index (χ1v) is 9.93. The molecular weight excluding hydrogens is 382 g/mol. The molecule has 3 N–H and O–H groups in total. The van der Waals surface area contributed by atoms with Crippen LogP contribution in [0.5, 0.6) is 0 Å². The molecule has 0 saturated heterocycles. The van der Waals surface area contributed by atoms with Gasteiger partial charge in [-0.1, -0.05) is 17.7 Å². The highest BCUT2D eigenvalue weighted by molar-refractivity contribution is 7.92. The molecule has 1 aliphatic heterocycles. The summed E-state index contributed by atoms with van der Waals surface area (Å²) >= 11 is 0. The van der Waals surface area contributed by atoms with E-state index < -0.39 is 21.8 Å². The van der Waals surface area contributed by atoms with E-state index in [1.165, 1.54) is 24.3 Å². The van der Waals surface area contributed by atoms with E-state index in [4.69, 9.17) is 5.11 Å². The molecular formula is C19H19N3O5S. The van der Waals surface area contributed by atoms with Crippen molar-refractivity contribution in [3.63, 3.8) is 0 Å². The van der Waals surface area contributed by atoms with Crippen LogP contribution in [0.25, 0.3) is 0 Å². The van der Waals surface area contributed by atoms with Crippen LogP contribution in [-0.2, 0) is 19.6 Å². The maximum Gasteiger partial charge on any atom is 0.277 e. The molecule has 2 aromatic carbocycles. The van der Waals surface area contributed by atoms with E-state index in [1.807, 2.05) is 6.92 Å². The van der Waals surface area contributed by atoms with E-state index >= 15 is 0 Å². The molecule has 0 aromatic heterocycles. The van der Waals surface area contributed by atoms with Gasteiger partial charge in [-0.05, 0) is 43.3 Å². The van der Waals surface area contributed by atoms with Gasteiger partial charge < -0.3 is 10.4 Å². The van der Waals surface area contributed by atoms with Crippen molar-refractivity contribution in [2.24, 2.45) is 0 Å². The van der Waals surface area contributed by atoms with Gasteiger partial charge >= 0.3 is 0 Å². The molecule has 1 aliphatic rings. The molecule has 146 valence electrons. The predicted octanol–water partition coefficient (Wildman–Crippen LogP) is 1.45. The molecule has 0 spiro atoms. The monoisotopic (exact) mass is 401 g/mol. The van der Waals surface area contributed by atoms with Crippen molar-refractivity contribution in [3.8, 4) is 0 Å². The molecule has 0 saturated carbocycles. The fraction of sp³-hybridized carbons (Fsp3) is 0.158. The van der Waals surface area contributed by atoms with E-state index in [-0.39, 0.29) is 23.7 Å². The minimum absolute atomic E-state index is 0.0586. The van der Waals surface area contributed by atoms with Gasteiger partial charge in [-0.25, -0.2) is 8.42 Å². The van der Waals surface area contributed by atoms with Crippen molar-refractivity contribution < 1.29 is 23.1 Å². The third-order valence-electron chi connectivity index (χ3n) is 4.08. The standard InChI is InChI=1S/C19H19N3O5S/c1-13-2-4-15(5-3-13)21-28(26,27)16-8-6-14(7-9-16)20-17-12-18(24)22(10-11-23)19(17)25/h2-9,12,20-21,23H,10-11H2,1H3. The van der Waals surface area contributed by atoms with Crippen molar-refractivity contribution in [1.82, 2.24) is 4.90 Å². The molecule has 9 heteroatoms. The molecule has 8 nitrogen and oxygen atoms in total. The van der Waals surface area contributed by atoms with E-state index in [1.54, 1.807) is 24.3 Å². The zero-order chi connectivity index (χ0) is 20.3. The highest BCUT2D eigenvalue weighted by Crippen LogP contribution is 2.21. The molecule has 28 heavy (non-hydrogen) atoms. The Kier molecular flexibility index (Phi) is 5.48. The number of hydrogen-bond acceptors (Lipinski definition) is 6. The van der Waals surface area contributed by atoms with Crippen LogP contribution >= 0.6 is 0 Å².